The van der Waals surface area contributed by atoms with Gasteiger partial charge in [-0.05, 0) is 18.9 Å². The number of aryl methyl sites for hydroxylation is 1. The molecule has 0 bridgehead atoms. The summed E-state index contributed by atoms with van der Waals surface area (Å²) in [6.45, 7) is 1.69. The largest absolute Gasteiger partial charge is 0.503 e. The minimum absolute atomic E-state index is 0.0649. The quantitative estimate of drug-likeness (QED) is 0.877. The average molecular weight is 315 g/mol. The van der Waals surface area contributed by atoms with Gasteiger partial charge in [0, 0.05) is 21.0 Å². The molecule has 1 atom stereocenters. The number of phenols is 1. The Kier molecular flexibility index (Phi) is 4.40. The molecular weight excluding hydrogens is 300 g/mol. The standard InChI is InChI=1S/C14H15ClO4S/c1-7(14(17)18)3-4-8-5-9-11(20-8)6-10(19-2)13(16)12(9)15/h5-7,16H,3-4H2,1-2H3,(H,17,18)/t7-/m0/s1. The number of methoxy groups -OCH3 is 1. The van der Waals surface area contributed by atoms with Gasteiger partial charge in [0.25, 0.3) is 0 Å². The molecule has 0 saturated heterocycles. The summed E-state index contributed by atoms with van der Waals surface area (Å²) in [7, 11) is 1.47. The number of thiophene rings is 1. The first-order chi connectivity index (χ1) is 9.43. The van der Waals surface area contributed by atoms with Gasteiger partial charge in [-0.25, -0.2) is 0 Å². The summed E-state index contributed by atoms with van der Waals surface area (Å²) in [6, 6.07) is 3.64. The molecule has 0 radical (unpaired) electrons. The highest BCUT2D eigenvalue weighted by Crippen LogP contribution is 2.43. The van der Waals surface area contributed by atoms with Crippen molar-refractivity contribution < 1.29 is 19.7 Å². The molecular formula is C14H15ClO4S. The van der Waals surface area contributed by atoms with E-state index in [1.54, 1.807) is 13.0 Å². The highest BCUT2D eigenvalue weighted by atomic mass is 35.5. The zero-order chi connectivity index (χ0) is 14.9. The Morgan fingerprint density at radius 2 is 2.20 bits per heavy atom. The molecule has 108 valence electrons. The van der Waals surface area contributed by atoms with Gasteiger partial charge >= 0.3 is 5.97 Å². The number of hydrogen-bond acceptors (Lipinski definition) is 4. The van der Waals surface area contributed by atoms with E-state index in [0.717, 1.165) is 15.0 Å². The zero-order valence-corrected chi connectivity index (χ0v) is 12.7. The van der Waals surface area contributed by atoms with Gasteiger partial charge in [0.05, 0.1) is 18.1 Å². The SMILES string of the molecule is COc1cc2sc(CC[C@H](C)C(=O)O)cc2c(Cl)c1O. The van der Waals surface area contributed by atoms with E-state index in [-0.39, 0.29) is 16.7 Å². The second-order valence-electron chi connectivity index (χ2n) is 4.64. The summed E-state index contributed by atoms with van der Waals surface area (Å²) in [5.41, 5.74) is 0. The molecule has 0 unspecified atom stereocenters. The lowest BCUT2D eigenvalue weighted by Gasteiger charge is -2.05. The second kappa shape index (κ2) is 5.89. The monoisotopic (exact) mass is 314 g/mol. The van der Waals surface area contributed by atoms with Crippen LogP contribution in [0.1, 0.15) is 18.2 Å². The van der Waals surface area contributed by atoms with Gasteiger partial charge in [-0.3, -0.25) is 4.79 Å². The Balaban J connectivity index is 2.30. The van der Waals surface area contributed by atoms with E-state index in [4.69, 9.17) is 21.4 Å². The number of carboxylic acid groups (broad SMARTS) is 1. The van der Waals surface area contributed by atoms with E-state index in [1.165, 1.54) is 18.4 Å². The van der Waals surface area contributed by atoms with E-state index in [2.05, 4.69) is 0 Å². The van der Waals surface area contributed by atoms with Crippen molar-refractivity contribution >= 4 is 39.0 Å². The summed E-state index contributed by atoms with van der Waals surface area (Å²) < 4.78 is 5.99. The third-order valence-electron chi connectivity index (χ3n) is 3.22. The van der Waals surface area contributed by atoms with E-state index < -0.39 is 5.97 Å². The number of benzene rings is 1. The predicted molar refractivity (Wildman–Crippen MR) is 80.2 cm³/mol. The lowest BCUT2D eigenvalue weighted by atomic mass is 10.1. The molecule has 1 aromatic heterocycles. The van der Waals surface area contributed by atoms with Crippen LogP contribution in [0.2, 0.25) is 5.02 Å². The molecule has 0 fully saturated rings. The minimum Gasteiger partial charge on any atom is -0.503 e. The van der Waals surface area contributed by atoms with Gasteiger partial charge < -0.3 is 14.9 Å². The normalized spacial score (nSPS) is 12.6. The Morgan fingerprint density at radius 3 is 2.80 bits per heavy atom. The first kappa shape index (κ1) is 14.9. The van der Waals surface area contributed by atoms with Crippen molar-refractivity contribution in [3.05, 3.63) is 22.0 Å². The average Bonchev–Trinajstić information content (AvgIpc) is 2.83. The molecule has 2 aromatic rings. The molecule has 6 heteroatoms. The molecule has 0 aliphatic heterocycles. The van der Waals surface area contributed by atoms with Crippen LogP contribution in [0.5, 0.6) is 11.5 Å². The Hall–Kier alpha value is -1.46. The number of aliphatic carboxylic acids is 1. The maximum absolute atomic E-state index is 10.8. The number of rotatable bonds is 5. The van der Waals surface area contributed by atoms with E-state index >= 15 is 0 Å². The van der Waals surface area contributed by atoms with Crippen LogP contribution in [-0.2, 0) is 11.2 Å². The lowest BCUT2D eigenvalue weighted by Crippen LogP contribution is -2.09. The van der Waals surface area contributed by atoms with Crippen LogP contribution >= 0.6 is 22.9 Å². The van der Waals surface area contributed by atoms with Crippen LogP contribution in [-0.4, -0.2) is 23.3 Å². The molecule has 4 nitrogen and oxygen atoms in total. The molecule has 2 rings (SSSR count). The maximum atomic E-state index is 10.8. The van der Waals surface area contributed by atoms with E-state index in [1.807, 2.05) is 6.07 Å². The molecule has 0 saturated carbocycles. The summed E-state index contributed by atoms with van der Waals surface area (Å²) >= 11 is 7.65. The first-order valence-corrected chi connectivity index (χ1v) is 7.34. The van der Waals surface area contributed by atoms with Crippen molar-refractivity contribution in [1.82, 2.24) is 0 Å². The van der Waals surface area contributed by atoms with Crippen LogP contribution < -0.4 is 4.74 Å². The second-order valence-corrected chi connectivity index (χ2v) is 6.19. The van der Waals surface area contributed by atoms with Gasteiger partial charge in [-0.1, -0.05) is 18.5 Å². The third kappa shape index (κ3) is 2.83. The van der Waals surface area contributed by atoms with Gasteiger partial charge in [-0.2, -0.15) is 0 Å². The Bertz CT molecular complexity index is 650. The van der Waals surface area contributed by atoms with Crippen LogP contribution in [0.25, 0.3) is 10.1 Å². The molecule has 0 spiro atoms. The van der Waals surface area contributed by atoms with Crippen molar-refractivity contribution in [2.24, 2.45) is 5.92 Å². The maximum Gasteiger partial charge on any atom is 0.306 e. The van der Waals surface area contributed by atoms with Gasteiger partial charge in [0.15, 0.2) is 11.5 Å². The number of aromatic hydroxyl groups is 1. The van der Waals surface area contributed by atoms with Crippen molar-refractivity contribution in [2.75, 3.05) is 7.11 Å². The van der Waals surface area contributed by atoms with Crippen molar-refractivity contribution in [1.29, 1.82) is 0 Å². The minimum atomic E-state index is -0.788. The molecule has 0 aliphatic rings. The highest BCUT2D eigenvalue weighted by molar-refractivity contribution is 7.19. The van der Waals surface area contributed by atoms with Crippen LogP contribution in [0.3, 0.4) is 0 Å². The fourth-order valence-corrected chi connectivity index (χ4v) is 3.34. The zero-order valence-electron chi connectivity index (χ0n) is 11.1. The first-order valence-electron chi connectivity index (χ1n) is 6.14. The number of fused-ring (bicyclic) bond motifs is 1. The third-order valence-corrected chi connectivity index (χ3v) is 4.74. The Morgan fingerprint density at radius 1 is 1.50 bits per heavy atom. The van der Waals surface area contributed by atoms with Gasteiger partial charge in [0.2, 0.25) is 0 Å². The number of halogens is 1. The number of carbonyl (C=O) groups is 1. The fraction of sp³-hybridized carbons (Fsp3) is 0.357. The van der Waals surface area contributed by atoms with E-state index in [0.29, 0.717) is 18.6 Å². The molecule has 1 heterocycles. The van der Waals surface area contributed by atoms with Gasteiger partial charge in [0.1, 0.15) is 0 Å². The molecule has 1 aromatic carbocycles. The number of carboxylic acids is 1. The number of phenolic OH excluding ortho intramolecular Hbond substituents is 1. The number of ether oxygens (including phenoxy) is 1. The topological polar surface area (TPSA) is 66.8 Å². The smallest absolute Gasteiger partial charge is 0.306 e. The molecule has 20 heavy (non-hydrogen) atoms. The van der Waals surface area contributed by atoms with Gasteiger partial charge in [-0.15, -0.1) is 11.3 Å². The molecule has 2 N–H and O–H groups in total. The molecule has 0 aliphatic carbocycles. The van der Waals surface area contributed by atoms with Crippen LogP contribution in [0.15, 0.2) is 12.1 Å². The number of hydrogen-bond donors (Lipinski definition) is 2. The van der Waals surface area contributed by atoms with Crippen LogP contribution in [0, 0.1) is 5.92 Å². The molecule has 0 amide bonds. The van der Waals surface area contributed by atoms with Crippen molar-refractivity contribution in [2.45, 2.75) is 19.8 Å². The lowest BCUT2D eigenvalue weighted by molar-refractivity contribution is -0.141. The predicted octanol–water partition coefficient (Wildman–Crippen LogP) is 3.92. The summed E-state index contributed by atoms with van der Waals surface area (Å²) in [4.78, 5) is 11.9. The van der Waals surface area contributed by atoms with Crippen LogP contribution in [0.4, 0.5) is 0 Å². The summed E-state index contributed by atoms with van der Waals surface area (Å²) in [5.74, 6) is -0.887. The van der Waals surface area contributed by atoms with Crippen molar-refractivity contribution in [3.8, 4) is 11.5 Å². The highest BCUT2D eigenvalue weighted by Gasteiger charge is 2.16. The van der Waals surface area contributed by atoms with E-state index in [9.17, 15) is 9.90 Å². The summed E-state index contributed by atoms with van der Waals surface area (Å²) in [5, 5.41) is 19.8. The Labute approximate surface area is 125 Å². The summed E-state index contributed by atoms with van der Waals surface area (Å²) in [6.07, 6.45) is 1.25. The van der Waals surface area contributed by atoms with Crippen molar-refractivity contribution in [3.63, 3.8) is 0 Å². The fourth-order valence-electron chi connectivity index (χ4n) is 1.92.